The Morgan fingerprint density at radius 1 is 1.35 bits per heavy atom. The van der Waals surface area contributed by atoms with Crippen LogP contribution in [0.4, 0.5) is 13.2 Å². The third-order valence-electron chi connectivity index (χ3n) is 4.56. The molecule has 9 heteroatoms. The van der Waals surface area contributed by atoms with Gasteiger partial charge in [0.15, 0.2) is 6.61 Å². The summed E-state index contributed by atoms with van der Waals surface area (Å²) in [5.74, 6) is -2.70. The van der Waals surface area contributed by atoms with E-state index in [1.165, 1.54) is 6.92 Å². The molecule has 1 aliphatic heterocycles. The molecule has 0 spiro atoms. The van der Waals surface area contributed by atoms with Crippen molar-refractivity contribution in [3.8, 4) is 0 Å². The third kappa shape index (κ3) is 6.84. The van der Waals surface area contributed by atoms with Crippen molar-refractivity contribution in [3.05, 3.63) is 0 Å². The molecule has 0 aromatic rings. The van der Waals surface area contributed by atoms with Crippen LogP contribution in [0.3, 0.4) is 0 Å². The molecule has 0 N–H and O–H groups in total. The number of hydrogen-bond acceptors (Lipinski definition) is 6. The molecule has 0 amide bonds. The first kappa shape index (κ1) is 22.2. The van der Waals surface area contributed by atoms with Gasteiger partial charge in [-0.1, -0.05) is 20.3 Å². The zero-order chi connectivity index (χ0) is 20.0. The molecule has 1 heterocycles. The Kier molecular flexibility index (Phi) is 7.89. The van der Waals surface area contributed by atoms with E-state index in [9.17, 15) is 27.6 Å². The van der Waals surface area contributed by atoms with Gasteiger partial charge in [0.25, 0.3) is 0 Å². The molecule has 150 valence electrons. The van der Waals surface area contributed by atoms with E-state index in [-0.39, 0.29) is 13.0 Å². The number of carbonyl (C=O) groups is 3. The Hall–Kier alpha value is -1.80. The largest absolute Gasteiger partial charge is 0.463 e. The van der Waals surface area contributed by atoms with Crippen molar-refractivity contribution < 1.29 is 41.8 Å². The average molecular weight is 382 g/mol. The monoisotopic (exact) mass is 382 g/mol. The first-order valence-electron chi connectivity index (χ1n) is 8.59. The highest BCUT2D eigenvalue weighted by Gasteiger charge is 2.38. The minimum atomic E-state index is -4.55. The summed E-state index contributed by atoms with van der Waals surface area (Å²) in [6.45, 7) is 3.59. The second-order valence-electron chi connectivity index (χ2n) is 6.78. The number of carbonyl (C=O) groups excluding carboxylic acids is 3. The standard InChI is InChI=1S/C17H25F3O6/c1-4-16(3,15(23)26-12-7-9-24-14(12)22)8-5-6-11(2)13(21)25-10-17(18,19)20/h11-12H,4-10H2,1-3H3/t11-,12?,16?/m1/s1. The lowest BCUT2D eigenvalue weighted by atomic mass is 9.81. The lowest BCUT2D eigenvalue weighted by molar-refractivity contribution is -0.189. The van der Waals surface area contributed by atoms with Gasteiger partial charge >= 0.3 is 24.1 Å². The molecule has 0 aliphatic carbocycles. The van der Waals surface area contributed by atoms with Crippen molar-refractivity contribution in [1.82, 2.24) is 0 Å². The van der Waals surface area contributed by atoms with Crippen LogP contribution in [0.5, 0.6) is 0 Å². The minimum absolute atomic E-state index is 0.219. The summed E-state index contributed by atoms with van der Waals surface area (Å²) in [5.41, 5.74) is -0.849. The number of alkyl halides is 3. The Morgan fingerprint density at radius 2 is 2.00 bits per heavy atom. The van der Waals surface area contributed by atoms with Crippen LogP contribution < -0.4 is 0 Å². The Labute approximate surface area is 150 Å². The molecule has 1 rings (SSSR count). The molecule has 3 atom stereocenters. The maximum Gasteiger partial charge on any atom is 0.422 e. The molecule has 26 heavy (non-hydrogen) atoms. The van der Waals surface area contributed by atoms with Gasteiger partial charge in [0.05, 0.1) is 17.9 Å². The zero-order valence-electron chi connectivity index (χ0n) is 15.2. The summed E-state index contributed by atoms with van der Waals surface area (Å²) in [4.78, 5) is 35.3. The van der Waals surface area contributed by atoms with Crippen molar-refractivity contribution in [2.45, 2.75) is 65.2 Å². The van der Waals surface area contributed by atoms with Crippen molar-refractivity contribution in [1.29, 1.82) is 0 Å². The van der Waals surface area contributed by atoms with Gasteiger partial charge in [0.1, 0.15) is 0 Å². The van der Waals surface area contributed by atoms with Crippen molar-refractivity contribution >= 4 is 17.9 Å². The number of halogens is 3. The molecular weight excluding hydrogens is 357 g/mol. The molecule has 0 bridgehead atoms. The molecule has 6 nitrogen and oxygen atoms in total. The zero-order valence-corrected chi connectivity index (χ0v) is 15.2. The number of rotatable bonds is 9. The summed E-state index contributed by atoms with van der Waals surface area (Å²) >= 11 is 0. The van der Waals surface area contributed by atoms with Gasteiger partial charge < -0.3 is 14.2 Å². The van der Waals surface area contributed by atoms with E-state index in [0.29, 0.717) is 25.7 Å². The first-order chi connectivity index (χ1) is 12.0. The quantitative estimate of drug-likeness (QED) is 0.450. The van der Waals surface area contributed by atoms with Crippen LogP contribution in [0.15, 0.2) is 0 Å². The van der Waals surface area contributed by atoms with Crippen LogP contribution in [0.25, 0.3) is 0 Å². The SMILES string of the molecule is CCC(C)(CCC[C@@H](C)C(=O)OCC(F)(F)F)C(=O)OC1CCOC1=O. The topological polar surface area (TPSA) is 78.9 Å². The molecule has 0 saturated carbocycles. The van der Waals surface area contributed by atoms with Gasteiger partial charge in [-0.15, -0.1) is 0 Å². The highest BCUT2D eigenvalue weighted by molar-refractivity contribution is 5.83. The first-order valence-corrected chi connectivity index (χ1v) is 8.59. The van der Waals surface area contributed by atoms with Crippen LogP contribution >= 0.6 is 0 Å². The lowest BCUT2D eigenvalue weighted by Crippen LogP contribution is -2.34. The lowest BCUT2D eigenvalue weighted by Gasteiger charge is -2.27. The summed E-state index contributed by atoms with van der Waals surface area (Å²) in [5, 5.41) is 0. The van der Waals surface area contributed by atoms with Crippen LogP contribution in [-0.4, -0.2) is 43.4 Å². The van der Waals surface area contributed by atoms with E-state index in [1.54, 1.807) is 13.8 Å². The highest BCUT2D eigenvalue weighted by Crippen LogP contribution is 2.32. The number of esters is 3. The predicted molar refractivity (Wildman–Crippen MR) is 83.9 cm³/mol. The predicted octanol–water partition coefficient (Wildman–Crippen LogP) is 3.17. The van der Waals surface area contributed by atoms with E-state index in [1.807, 2.05) is 0 Å². The third-order valence-corrected chi connectivity index (χ3v) is 4.56. The summed E-state index contributed by atoms with van der Waals surface area (Å²) in [6, 6.07) is 0. The van der Waals surface area contributed by atoms with Crippen LogP contribution in [-0.2, 0) is 28.6 Å². The van der Waals surface area contributed by atoms with Gasteiger partial charge in [-0.25, -0.2) is 4.79 Å². The van der Waals surface area contributed by atoms with Gasteiger partial charge in [-0.3, -0.25) is 9.59 Å². The average Bonchev–Trinajstić information content (AvgIpc) is 2.96. The second-order valence-corrected chi connectivity index (χ2v) is 6.78. The maximum absolute atomic E-state index is 12.4. The van der Waals surface area contributed by atoms with Crippen LogP contribution in [0.2, 0.25) is 0 Å². The maximum atomic E-state index is 12.4. The summed E-state index contributed by atoms with van der Waals surface area (Å²) < 4.78 is 50.4. The second kappa shape index (κ2) is 9.23. The van der Waals surface area contributed by atoms with Gasteiger partial charge in [-0.05, 0) is 26.2 Å². The summed E-state index contributed by atoms with van der Waals surface area (Å²) in [7, 11) is 0. The van der Waals surface area contributed by atoms with Gasteiger partial charge in [0, 0.05) is 6.42 Å². The van der Waals surface area contributed by atoms with Crippen molar-refractivity contribution in [2.24, 2.45) is 11.3 Å². The molecule has 1 fully saturated rings. The molecule has 0 aromatic heterocycles. The van der Waals surface area contributed by atoms with Crippen LogP contribution in [0.1, 0.15) is 52.9 Å². The number of cyclic esters (lactones) is 1. The van der Waals surface area contributed by atoms with Crippen molar-refractivity contribution in [3.63, 3.8) is 0 Å². The molecule has 2 unspecified atom stereocenters. The number of hydrogen-bond donors (Lipinski definition) is 0. The molecule has 1 aliphatic rings. The Morgan fingerprint density at radius 3 is 2.50 bits per heavy atom. The molecular formula is C17H25F3O6. The van der Waals surface area contributed by atoms with E-state index >= 15 is 0 Å². The van der Waals surface area contributed by atoms with E-state index in [4.69, 9.17) is 9.47 Å². The molecule has 1 saturated heterocycles. The van der Waals surface area contributed by atoms with Crippen LogP contribution in [0, 0.1) is 11.3 Å². The molecule has 0 aromatic carbocycles. The molecule has 0 radical (unpaired) electrons. The fourth-order valence-corrected chi connectivity index (χ4v) is 2.49. The number of ether oxygens (including phenoxy) is 3. The fraction of sp³-hybridized carbons (Fsp3) is 0.824. The smallest absolute Gasteiger partial charge is 0.422 e. The highest BCUT2D eigenvalue weighted by atomic mass is 19.4. The normalized spacial score (nSPS) is 20.8. The van der Waals surface area contributed by atoms with Gasteiger partial charge in [0.2, 0.25) is 6.10 Å². The minimum Gasteiger partial charge on any atom is -0.463 e. The Balaban J connectivity index is 2.45. The van der Waals surface area contributed by atoms with Gasteiger partial charge in [-0.2, -0.15) is 13.2 Å². The van der Waals surface area contributed by atoms with Crippen molar-refractivity contribution in [2.75, 3.05) is 13.2 Å². The summed E-state index contributed by atoms with van der Waals surface area (Å²) in [6.07, 6.45) is -3.57. The van der Waals surface area contributed by atoms with E-state index in [0.717, 1.165) is 0 Å². The van der Waals surface area contributed by atoms with E-state index in [2.05, 4.69) is 4.74 Å². The van der Waals surface area contributed by atoms with E-state index < -0.39 is 48.1 Å². The fourth-order valence-electron chi connectivity index (χ4n) is 2.49. The Bertz CT molecular complexity index is 519.